The van der Waals surface area contributed by atoms with Gasteiger partial charge in [0.05, 0.1) is 38.6 Å². The van der Waals surface area contributed by atoms with Crippen LogP contribution in [0.25, 0.3) is 0 Å². The summed E-state index contributed by atoms with van der Waals surface area (Å²) in [5, 5.41) is 10.6. The summed E-state index contributed by atoms with van der Waals surface area (Å²) >= 11 is 0. The van der Waals surface area contributed by atoms with Crippen molar-refractivity contribution in [2.45, 2.75) is 50.8 Å². The fraction of sp³-hybridized carbons (Fsp3) is 0.333. The number of likely N-dealkylation sites (N-methyl/N-ethyl adjacent to an activating group) is 2. The van der Waals surface area contributed by atoms with E-state index in [0.717, 1.165) is 54.6 Å². The van der Waals surface area contributed by atoms with Gasteiger partial charge < -0.3 is 28.8 Å². The lowest BCUT2D eigenvalue weighted by atomic mass is 9.86. The number of methoxy groups -OCH3 is 2. The molecule has 5 heterocycles. The van der Waals surface area contributed by atoms with E-state index >= 15 is 0 Å². The fourth-order valence-corrected chi connectivity index (χ4v) is 9.16. The third-order valence-electron chi connectivity index (χ3n) is 12.4. The van der Waals surface area contributed by atoms with Crippen LogP contribution in [0, 0.1) is 0 Å². The summed E-state index contributed by atoms with van der Waals surface area (Å²) in [4.78, 5) is 32.0. The Morgan fingerprint density at radius 2 is 1.41 bits per heavy atom. The second kappa shape index (κ2) is 16.1. The molecule has 5 aliphatic heterocycles. The predicted molar refractivity (Wildman–Crippen MR) is 222 cm³/mol. The Kier molecular flexibility index (Phi) is 10.5. The summed E-state index contributed by atoms with van der Waals surface area (Å²) in [6.45, 7) is 2.05. The molecule has 1 N–H and O–H groups in total. The molecule has 0 fully saturated rings. The Bertz CT molecular complexity index is 2400. The lowest BCUT2D eigenvalue weighted by molar-refractivity contribution is 0.0646. The largest absolute Gasteiger partial charge is 0.493 e. The molecule has 11 heteroatoms. The molecule has 0 spiro atoms. The van der Waals surface area contributed by atoms with Crippen LogP contribution in [0.1, 0.15) is 78.2 Å². The molecule has 0 aliphatic carbocycles. The van der Waals surface area contributed by atoms with Crippen LogP contribution in [-0.4, -0.2) is 86.2 Å². The molecule has 5 aromatic rings. The van der Waals surface area contributed by atoms with Gasteiger partial charge in [-0.15, -0.1) is 0 Å². The maximum atomic E-state index is 13.0. The Morgan fingerprint density at radius 1 is 0.729 bits per heavy atom. The molecule has 0 radical (unpaired) electrons. The number of carbonyl (C=O) groups excluding carboxylic acids is 2. The zero-order chi connectivity index (χ0) is 40.8. The van der Waals surface area contributed by atoms with Crippen molar-refractivity contribution in [1.29, 1.82) is 0 Å². The monoisotopic (exact) mass is 795 g/mol. The van der Waals surface area contributed by atoms with Gasteiger partial charge in [0.25, 0.3) is 11.8 Å². The van der Waals surface area contributed by atoms with Crippen LogP contribution in [0.4, 0.5) is 0 Å². The van der Waals surface area contributed by atoms with Crippen LogP contribution < -0.4 is 23.7 Å². The van der Waals surface area contributed by atoms with Crippen molar-refractivity contribution in [2.24, 2.45) is 0 Å². The fourth-order valence-electron chi connectivity index (χ4n) is 9.16. The number of fused-ring (bicyclic) bond motifs is 3. The molecule has 5 aliphatic rings. The van der Waals surface area contributed by atoms with Gasteiger partial charge in [-0.3, -0.25) is 24.3 Å². The third kappa shape index (κ3) is 7.17. The van der Waals surface area contributed by atoms with Crippen molar-refractivity contribution in [3.8, 4) is 40.2 Å². The molecule has 5 aromatic carbocycles. The summed E-state index contributed by atoms with van der Waals surface area (Å²) in [6.07, 6.45) is 3.52. The van der Waals surface area contributed by atoms with Gasteiger partial charge in [-0.1, -0.05) is 30.3 Å². The van der Waals surface area contributed by atoms with E-state index in [4.69, 9.17) is 23.7 Å². The van der Waals surface area contributed by atoms with Gasteiger partial charge in [0.1, 0.15) is 5.75 Å². The minimum absolute atomic E-state index is 0.0909. The first-order chi connectivity index (χ1) is 28.7. The van der Waals surface area contributed by atoms with Crippen LogP contribution in [0.2, 0.25) is 0 Å². The van der Waals surface area contributed by atoms with Crippen molar-refractivity contribution in [2.75, 3.05) is 54.6 Å². The topological polar surface area (TPSA) is 110 Å². The quantitative estimate of drug-likeness (QED) is 0.124. The van der Waals surface area contributed by atoms with Gasteiger partial charge in [0.2, 0.25) is 0 Å². The molecule has 59 heavy (non-hydrogen) atoms. The normalized spacial score (nSPS) is 18.6. The van der Waals surface area contributed by atoms with Crippen molar-refractivity contribution < 1.29 is 38.4 Å². The maximum absolute atomic E-state index is 13.0. The summed E-state index contributed by atoms with van der Waals surface area (Å²) in [5.41, 5.74) is 8.27. The molecule has 10 rings (SSSR count). The summed E-state index contributed by atoms with van der Waals surface area (Å²) < 4.78 is 32.1. The Labute approximate surface area is 344 Å². The number of hydrogen-bond acceptors (Lipinski definition) is 10. The van der Waals surface area contributed by atoms with Crippen LogP contribution >= 0.6 is 0 Å². The van der Waals surface area contributed by atoms with E-state index in [2.05, 4.69) is 60.3 Å². The number of benzene rings is 5. The third-order valence-corrected chi connectivity index (χ3v) is 12.4. The Balaban J connectivity index is 1.10. The average Bonchev–Trinajstić information content (AvgIpc) is 3.49. The number of carbonyl (C=O) groups is 2. The van der Waals surface area contributed by atoms with E-state index in [0.29, 0.717) is 69.8 Å². The van der Waals surface area contributed by atoms with E-state index in [9.17, 15) is 14.7 Å². The zero-order valence-electron chi connectivity index (χ0n) is 34.0. The summed E-state index contributed by atoms with van der Waals surface area (Å²) in [6, 6.07) is 27.5. The van der Waals surface area contributed by atoms with Crippen LogP contribution in [-0.2, 0) is 32.3 Å². The molecule has 2 amide bonds. The lowest BCUT2D eigenvalue weighted by Gasteiger charge is -2.37. The van der Waals surface area contributed by atoms with E-state index < -0.39 is 0 Å². The molecule has 304 valence electrons. The van der Waals surface area contributed by atoms with Gasteiger partial charge >= 0.3 is 0 Å². The SMILES string of the molecule is COc1cc2c3cc1Oc1c(OC)c(CO)cc4c1[C@@H](Cc1ccc(OCCCN5C(=O)c6ccccc6C5=O)c(c1)Oc1ccc(cc1)CC3N(C)CC2)N(C)CC4. The average molecular weight is 796 g/mol. The molecule has 1 unspecified atom stereocenters. The maximum Gasteiger partial charge on any atom is 0.261 e. The van der Waals surface area contributed by atoms with Gasteiger partial charge in [0, 0.05) is 42.8 Å². The second-order valence-corrected chi connectivity index (χ2v) is 15.9. The van der Waals surface area contributed by atoms with Crippen LogP contribution in [0.5, 0.6) is 40.2 Å². The van der Waals surface area contributed by atoms with Gasteiger partial charge in [0.15, 0.2) is 34.5 Å². The van der Waals surface area contributed by atoms with Crippen LogP contribution in [0.3, 0.4) is 0 Å². The Hall–Kier alpha value is -5.88. The van der Waals surface area contributed by atoms with E-state index in [1.165, 1.54) is 16.0 Å². The standard InChI is InChI=1S/C48H49N3O8/c1-49-19-16-31-26-41(55-3)43-27-37(31)38(49)22-29-10-13-34(14-11-29)58-42-24-30(23-39-44-32(17-20-50(39)2)25-33(28-52)45(56-4)46(44)59-43)12-15-40(42)57-21-7-18-51-47(53)35-8-5-6-9-36(35)48(51)54/h5-6,8-15,24-27,38-39,52H,7,16-23,28H2,1-4H3/t38?,39-/m1/s1. The summed E-state index contributed by atoms with van der Waals surface area (Å²) in [7, 11) is 7.59. The number of aliphatic hydroxyl groups excluding tert-OH is 1. The van der Waals surface area contributed by atoms with Gasteiger partial charge in [-0.25, -0.2) is 0 Å². The number of rotatable bonds is 8. The van der Waals surface area contributed by atoms with E-state index in [1.54, 1.807) is 38.5 Å². The molecular formula is C48H49N3O8. The second-order valence-electron chi connectivity index (χ2n) is 15.9. The number of nitrogens with zero attached hydrogens (tertiary/aromatic N) is 3. The first kappa shape index (κ1) is 38.6. The first-order valence-corrected chi connectivity index (χ1v) is 20.3. The first-order valence-electron chi connectivity index (χ1n) is 20.3. The minimum atomic E-state index is -0.274. The van der Waals surface area contributed by atoms with E-state index in [-0.39, 0.29) is 43.7 Å². The van der Waals surface area contributed by atoms with Gasteiger partial charge in [-0.2, -0.15) is 0 Å². The van der Waals surface area contributed by atoms with Crippen LogP contribution in [0.15, 0.2) is 84.9 Å². The van der Waals surface area contributed by atoms with Crippen molar-refractivity contribution in [1.82, 2.24) is 14.7 Å². The molecule has 0 aromatic heterocycles. The molecule has 0 saturated heterocycles. The number of hydrogen-bond donors (Lipinski definition) is 1. The minimum Gasteiger partial charge on any atom is -0.493 e. The number of imide groups is 1. The zero-order valence-corrected chi connectivity index (χ0v) is 34.0. The molecule has 2 atom stereocenters. The highest BCUT2D eigenvalue weighted by Crippen LogP contribution is 2.50. The summed E-state index contributed by atoms with van der Waals surface area (Å²) in [5.74, 6) is 3.60. The van der Waals surface area contributed by atoms with E-state index in [1.807, 2.05) is 24.3 Å². The van der Waals surface area contributed by atoms with Gasteiger partial charge in [-0.05, 0) is 129 Å². The molecule has 6 bridgehead atoms. The Morgan fingerprint density at radius 3 is 2.12 bits per heavy atom. The molecule has 0 saturated carbocycles. The van der Waals surface area contributed by atoms with Crippen molar-refractivity contribution in [3.05, 3.63) is 135 Å². The highest BCUT2D eigenvalue weighted by atomic mass is 16.5. The highest BCUT2D eigenvalue weighted by molar-refractivity contribution is 6.21. The smallest absolute Gasteiger partial charge is 0.261 e. The highest BCUT2D eigenvalue weighted by Gasteiger charge is 2.36. The number of ether oxygens (including phenoxy) is 5. The van der Waals surface area contributed by atoms with Crippen molar-refractivity contribution in [3.63, 3.8) is 0 Å². The lowest BCUT2D eigenvalue weighted by Crippen LogP contribution is -2.34. The molecule has 11 nitrogen and oxygen atoms in total. The van der Waals surface area contributed by atoms with Crippen molar-refractivity contribution >= 4 is 11.8 Å². The predicted octanol–water partition coefficient (Wildman–Crippen LogP) is 7.70. The molecular weight excluding hydrogens is 747 g/mol. The number of aliphatic hydroxyl groups is 1. The number of amides is 2.